The molecule has 1 aliphatic heterocycles. The van der Waals surface area contributed by atoms with Gasteiger partial charge in [-0.25, -0.2) is 0 Å². The van der Waals surface area contributed by atoms with Gasteiger partial charge in [-0.15, -0.1) is 0 Å². The molecule has 1 aliphatic rings. The summed E-state index contributed by atoms with van der Waals surface area (Å²) in [5.41, 5.74) is 6.69. The van der Waals surface area contributed by atoms with Crippen molar-refractivity contribution in [3.8, 4) is 0 Å². The minimum absolute atomic E-state index is 0.0492. The molecule has 2 heterocycles. The van der Waals surface area contributed by atoms with E-state index in [1.807, 2.05) is 13.8 Å². The summed E-state index contributed by atoms with van der Waals surface area (Å²) >= 11 is 0. The first-order valence-corrected chi connectivity index (χ1v) is 5.72. The molecule has 17 heavy (non-hydrogen) atoms. The van der Waals surface area contributed by atoms with E-state index in [9.17, 15) is 4.79 Å². The fraction of sp³-hybridized carbons (Fsp3) is 0.500. The second-order valence-electron chi connectivity index (χ2n) is 4.43. The lowest BCUT2D eigenvalue weighted by Gasteiger charge is -2.35. The van der Waals surface area contributed by atoms with E-state index in [2.05, 4.69) is 4.98 Å². The molecule has 2 N–H and O–H groups in total. The average Bonchev–Trinajstić information content (AvgIpc) is 2.27. The van der Waals surface area contributed by atoms with Crippen molar-refractivity contribution in [3.63, 3.8) is 0 Å². The quantitative estimate of drug-likeness (QED) is 0.785. The Kier molecular flexibility index (Phi) is 3.28. The zero-order valence-corrected chi connectivity index (χ0v) is 10.1. The van der Waals surface area contributed by atoms with Gasteiger partial charge >= 0.3 is 0 Å². The number of ether oxygens (including phenoxy) is 1. The van der Waals surface area contributed by atoms with Crippen LogP contribution < -0.4 is 5.73 Å². The monoisotopic (exact) mass is 235 g/mol. The Morgan fingerprint density at radius 2 is 2.12 bits per heavy atom. The third-order valence-electron chi connectivity index (χ3n) is 2.79. The van der Waals surface area contributed by atoms with Gasteiger partial charge in [0.15, 0.2) is 0 Å². The Morgan fingerprint density at radius 3 is 2.71 bits per heavy atom. The van der Waals surface area contributed by atoms with Gasteiger partial charge in [0.1, 0.15) is 0 Å². The van der Waals surface area contributed by atoms with E-state index in [0.29, 0.717) is 24.3 Å². The Balaban J connectivity index is 2.17. The van der Waals surface area contributed by atoms with Gasteiger partial charge in [0, 0.05) is 19.3 Å². The minimum Gasteiger partial charge on any atom is -0.397 e. The average molecular weight is 235 g/mol. The first kappa shape index (κ1) is 11.9. The van der Waals surface area contributed by atoms with Crippen molar-refractivity contribution >= 4 is 11.6 Å². The maximum Gasteiger partial charge on any atom is 0.256 e. The number of hydrogen-bond acceptors (Lipinski definition) is 4. The summed E-state index contributed by atoms with van der Waals surface area (Å²) in [7, 11) is 0. The van der Waals surface area contributed by atoms with Gasteiger partial charge in [-0.2, -0.15) is 0 Å². The second kappa shape index (κ2) is 4.71. The molecule has 1 saturated heterocycles. The second-order valence-corrected chi connectivity index (χ2v) is 4.43. The van der Waals surface area contributed by atoms with Crippen LogP contribution in [-0.2, 0) is 4.74 Å². The SMILES string of the molecule is C[C@@H]1CN(C(=O)c2ccncc2N)C[C@H](C)O1. The van der Waals surface area contributed by atoms with Gasteiger partial charge in [0.05, 0.1) is 29.7 Å². The molecule has 0 bridgehead atoms. The molecule has 0 unspecified atom stereocenters. The third-order valence-corrected chi connectivity index (χ3v) is 2.79. The fourth-order valence-corrected chi connectivity index (χ4v) is 2.12. The molecule has 0 aliphatic carbocycles. The van der Waals surface area contributed by atoms with Crippen molar-refractivity contribution in [3.05, 3.63) is 24.0 Å². The van der Waals surface area contributed by atoms with Crippen LogP contribution in [0.5, 0.6) is 0 Å². The number of nitrogens with zero attached hydrogens (tertiary/aromatic N) is 2. The molecule has 0 aromatic carbocycles. The molecule has 1 aromatic heterocycles. The molecule has 1 fully saturated rings. The summed E-state index contributed by atoms with van der Waals surface area (Å²) in [5, 5.41) is 0. The van der Waals surface area contributed by atoms with Crippen LogP contribution in [0.15, 0.2) is 18.5 Å². The number of aromatic nitrogens is 1. The number of carbonyl (C=O) groups excluding carboxylic acids is 1. The zero-order chi connectivity index (χ0) is 12.4. The lowest BCUT2D eigenvalue weighted by atomic mass is 10.1. The van der Waals surface area contributed by atoms with Crippen LogP contribution in [0.25, 0.3) is 0 Å². The number of anilines is 1. The first-order valence-electron chi connectivity index (χ1n) is 5.72. The topological polar surface area (TPSA) is 68.5 Å². The molecule has 2 rings (SSSR count). The van der Waals surface area contributed by atoms with Gasteiger partial charge in [0.2, 0.25) is 0 Å². The van der Waals surface area contributed by atoms with Crippen LogP contribution in [0.1, 0.15) is 24.2 Å². The Labute approximate surface area is 101 Å². The Bertz CT molecular complexity index is 412. The Hall–Kier alpha value is -1.62. The minimum atomic E-state index is -0.0492. The maximum atomic E-state index is 12.3. The van der Waals surface area contributed by atoms with Gasteiger partial charge in [0.25, 0.3) is 5.91 Å². The van der Waals surface area contributed by atoms with E-state index < -0.39 is 0 Å². The molecule has 0 radical (unpaired) electrons. The third kappa shape index (κ3) is 2.55. The summed E-state index contributed by atoms with van der Waals surface area (Å²) < 4.78 is 5.60. The zero-order valence-electron chi connectivity index (χ0n) is 10.1. The number of morpholine rings is 1. The first-order chi connectivity index (χ1) is 8.08. The van der Waals surface area contributed by atoms with Crippen molar-refractivity contribution in [1.82, 2.24) is 9.88 Å². The molecule has 0 saturated carbocycles. The van der Waals surface area contributed by atoms with Gasteiger partial charge in [-0.05, 0) is 19.9 Å². The largest absolute Gasteiger partial charge is 0.397 e. The predicted octanol–water partition coefficient (Wildman–Crippen LogP) is 0.913. The van der Waals surface area contributed by atoms with Gasteiger partial charge < -0.3 is 15.4 Å². The molecule has 5 heteroatoms. The number of pyridine rings is 1. The molecule has 1 amide bonds. The van der Waals surface area contributed by atoms with Gasteiger partial charge in [-0.3, -0.25) is 9.78 Å². The summed E-state index contributed by atoms with van der Waals surface area (Å²) in [6, 6.07) is 1.66. The number of carbonyl (C=O) groups is 1. The lowest BCUT2D eigenvalue weighted by Crippen LogP contribution is -2.48. The lowest BCUT2D eigenvalue weighted by molar-refractivity contribution is -0.0585. The van der Waals surface area contributed by atoms with Crippen LogP contribution in [0.4, 0.5) is 5.69 Å². The van der Waals surface area contributed by atoms with Crippen molar-refractivity contribution in [2.75, 3.05) is 18.8 Å². The molecular formula is C12H17N3O2. The van der Waals surface area contributed by atoms with Crippen molar-refractivity contribution in [2.24, 2.45) is 0 Å². The van der Waals surface area contributed by atoms with Crippen LogP contribution in [0, 0.1) is 0 Å². The number of rotatable bonds is 1. The Morgan fingerprint density at radius 1 is 1.47 bits per heavy atom. The van der Waals surface area contributed by atoms with E-state index in [-0.39, 0.29) is 18.1 Å². The van der Waals surface area contributed by atoms with Crippen LogP contribution in [0.2, 0.25) is 0 Å². The van der Waals surface area contributed by atoms with E-state index in [1.54, 1.807) is 17.2 Å². The van der Waals surface area contributed by atoms with E-state index in [1.165, 1.54) is 6.20 Å². The van der Waals surface area contributed by atoms with Crippen molar-refractivity contribution in [2.45, 2.75) is 26.1 Å². The number of amides is 1. The van der Waals surface area contributed by atoms with Crippen molar-refractivity contribution in [1.29, 1.82) is 0 Å². The number of nitrogens with two attached hydrogens (primary N) is 1. The summed E-state index contributed by atoms with van der Waals surface area (Å²) in [6.45, 7) is 5.13. The highest BCUT2D eigenvalue weighted by molar-refractivity contribution is 5.98. The molecular weight excluding hydrogens is 218 g/mol. The van der Waals surface area contributed by atoms with E-state index in [4.69, 9.17) is 10.5 Å². The summed E-state index contributed by atoms with van der Waals surface area (Å²) in [4.78, 5) is 17.9. The van der Waals surface area contributed by atoms with Crippen LogP contribution in [0.3, 0.4) is 0 Å². The predicted molar refractivity (Wildman–Crippen MR) is 64.6 cm³/mol. The highest BCUT2D eigenvalue weighted by Gasteiger charge is 2.27. The number of nitrogen functional groups attached to an aromatic ring is 1. The number of hydrogen-bond donors (Lipinski definition) is 1. The molecule has 1 aromatic rings. The highest BCUT2D eigenvalue weighted by atomic mass is 16.5. The smallest absolute Gasteiger partial charge is 0.256 e. The molecule has 5 nitrogen and oxygen atoms in total. The van der Waals surface area contributed by atoms with Gasteiger partial charge in [-0.1, -0.05) is 0 Å². The molecule has 92 valence electrons. The van der Waals surface area contributed by atoms with Crippen molar-refractivity contribution < 1.29 is 9.53 Å². The van der Waals surface area contributed by atoms with Crippen LogP contribution >= 0.6 is 0 Å². The van der Waals surface area contributed by atoms with E-state index >= 15 is 0 Å². The summed E-state index contributed by atoms with van der Waals surface area (Å²) in [5.74, 6) is -0.0492. The molecule has 0 spiro atoms. The summed E-state index contributed by atoms with van der Waals surface area (Å²) in [6.07, 6.45) is 3.20. The maximum absolute atomic E-state index is 12.3. The normalized spacial score (nSPS) is 24.7. The molecule has 2 atom stereocenters. The highest BCUT2D eigenvalue weighted by Crippen LogP contribution is 2.17. The standard InChI is InChI=1S/C12H17N3O2/c1-8-6-15(7-9(2)17-8)12(16)10-3-4-14-5-11(10)13/h3-5,8-9H,6-7,13H2,1-2H3/t8-,9+. The van der Waals surface area contributed by atoms with Crippen LogP contribution in [-0.4, -0.2) is 41.1 Å². The van der Waals surface area contributed by atoms with E-state index in [0.717, 1.165) is 0 Å². The fourth-order valence-electron chi connectivity index (χ4n) is 2.12.